The van der Waals surface area contributed by atoms with E-state index < -0.39 is 0 Å². The number of phenols is 1. The number of rotatable bonds is 5. The molecule has 0 aliphatic carbocycles. The van der Waals surface area contributed by atoms with E-state index in [0.717, 1.165) is 33.5 Å². The van der Waals surface area contributed by atoms with Gasteiger partial charge in [0.2, 0.25) is 5.89 Å². The zero-order chi connectivity index (χ0) is 25.4. The number of nitrogens with zero attached hydrogens (tertiary/aromatic N) is 2. The second-order valence-corrected chi connectivity index (χ2v) is 9.59. The smallest absolute Gasteiger partial charge is 0.230 e. The van der Waals surface area contributed by atoms with Crippen molar-refractivity contribution in [1.29, 1.82) is 0 Å². The fourth-order valence-corrected chi connectivity index (χ4v) is 4.70. The van der Waals surface area contributed by atoms with E-state index >= 15 is 0 Å². The Morgan fingerprint density at radius 3 is 2.29 bits per heavy atom. The van der Waals surface area contributed by atoms with E-state index in [1.165, 1.54) is 5.56 Å². The molecule has 4 nitrogen and oxygen atoms in total. The van der Waals surface area contributed by atoms with E-state index in [0.29, 0.717) is 17.0 Å². The number of oxazole rings is 1. The molecule has 38 heavy (non-hydrogen) atoms. The van der Waals surface area contributed by atoms with Gasteiger partial charge in [-0.3, -0.25) is 4.98 Å². The average Bonchev–Trinajstić information content (AvgIpc) is 3.38. The molecule has 0 fully saturated rings. The summed E-state index contributed by atoms with van der Waals surface area (Å²) in [4.78, 5) is 9.31. The number of aromatic nitrogens is 2. The summed E-state index contributed by atoms with van der Waals surface area (Å²) in [6, 6.07) is 37.2. The quantitative estimate of drug-likeness (QED) is 0.188. The molecule has 0 unspecified atom stereocenters. The minimum Gasteiger partial charge on any atom is -0.507 e. The number of hydrogen-bond acceptors (Lipinski definition) is 4. The molecular weight excluding hydrogens is 651 g/mol. The van der Waals surface area contributed by atoms with Crippen molar-refractivity contribution < 1.29 is 30.6 Å². The van der Waals surface area contributed by atoms with Crippen LogP contribution in [0.3, 0.4) is 0 Å². The first-order valence-corrected chi connectivity index (χ1v) is 12.2. The second-order valence-electron chi connectivity index (χ2n) is 9.59. The van der Waals surface area contributed by atoms with Crippen molar-refractivity contribution in [2.24, 2.45) is 0 Å². The summed E-state index contributed by atoms with van der Waals surface area (Å²) in [6.45, 7) is 4.35. The average molecular weight is 677 g/mol. The molecule has 0 amide bonds. The van der Waals surface area contributed by atoms with Crippen LogP contribution in [0.1, 0.15) is 25.0 Å². The number of phenolic OH excluding ortho intramolecular Hbond substituents is 1. The molecule has 0 radical (unpaired) electrons. The summed E-state index contributed by atoms with van der Waals surface area (Å²) >= 11 is 0. The molecule has 6 aromatic rings. The van der Waals surface area contributed by atoms with Crippen LogP contribution in [-0.4, -0.2) is 15.1 Å². The van der Waals surface area contributed by atoms with Crippen LogP contribution in [0.25, 0.3) is 44.9 Å². The maximum absolute atomic E-state index is 10.8. The first-order chi connectivity index (χ1) is 18.0. The summed E-state index contributed by atoms with van der Waals surface area (Å²) in [5.41, 5.74) is 7.50. The van der Waals surface area contributed by atoms with Crippen LogP contribution in [0, 0.1) is 6.07 Å². The third-order valence-corrected chi connectivity index (χ3v) is 6.89. The maximum Gasteiger partial charge on any atom is 0.230 e. The number of hydrogen-bond donors (Lipinski definition) is 1. The summed E-state index contributed by atoms with van der Waals surface area (Å²) in [5, 5.41) is 10.8. The van der Waals surface area contributed by atoms with Crippen LogP contribution >= 0.6 is 0 Å². The summed E-state index contributed by atoms with van der Waals surface area (Å²) in [6.07, 6.45) is 1.78. The van der Waals surface area contributed by atoms with Crippen LogP contribution in [0.15, 0.2) is 114 Å². The number of aromatic hydroxyl groups is 1. The number of benzene rings is 4. The molecule has 2 heterocycles. The van der Waals surface area contributed by atoms with Gasteiger partial charge in [0.05, 0.1) is 11.1 Å². The van der Waals surface area contributed by atoms with Crippen molar-refractivity contribution >= 4 is 11.1 Å². The van der Waals surface area contributed by atoms with Crippen LogP contribution in [0.4, 0.5) is 0 Å². The van der Waals surface area contributed by atoms with Crippen molar-refractivity contribution in [3.05, 3.63) is 127 Å². The van der Waals surface area contributed by atoms with Gasteiger partial charge in [-0.1, -0.05) is 85.6 Å². The Morgan fingerprint density at radius 1 is 0.737 bits per heavy atom. The zero-order valence-corrected chi connectivity index (χ0v) is 23.2. The van der Waals surface area contributed by atoms with Gasteiger partial charge in [-0.2, -0.15) is 0 Å². The van der Waals surface area contributed by atoms with Gasteiger partial charge in [0.25, 0.3) is 0 Å². The molecule has 1 N–H and O–H groups in total. The van der Waals surface area contributed by atoms with E-state index in [4.69, 9.17) is 9.40 Å². The standard InChI is InChI=1S/C33H25N2O2.Pt/c1-33(2,24-12-4-3-5-13-24)25-17-18-29(36)27(21-25)32-35-31-26(14-9-16-30(31)37-32)22-10-8-11-23(20-22)28-15-6-7-19-34-28;/h3-19,21,36H,1-2H3;/q-1;. The van der Waals surface area contributed by atoms with Gasteiger partial charge in [0.15, 0.2) is 0 Å². The fraction of sp³-hybridized carbons (Fsp3) is 0.0909. The van der Waals surface area contributed by atoms with E-state index in [2.05, 4.69) is 37.0 Å². The summed E-state index contributed by atoms with van der Waals surface area (Å²) < 4.78 is 6.19. The van der Waals surface area contributed by atoms with Crippen LogP contribution in [0.5, 0.6) is 5.75 Å². The fourth-order valence-electron chi connectivity index (χ4n) is 4.70. The molecular formula is C33H25N2O2Pt-. The van der Waals surface area contributed by atoms with Crippen molar-refractivity contribution in [3.8, 4) is 39.6 Å². The summed E-state index contributed by atoms with van der Waals surface area (Å²) in [5.74, 6) is 0.510. The third kappa shape index (κ3) is 4.68. The van der Waals surface area contributed by atoms with Crippen LogP contribution in [-0.2, 0) is 26.5 Å². The zero-order valence-electron chi connectivity index (χ0n) is 21.0. The molecule has 0 aliphatic heterocycles. The van der Waals surface area contributed by atoms with E-state index in [1.807, 2.05) is 84.9 Å². The summed E-state index contributed by atoms with van der Waals surface area (Å²) in [7, 11) is 0. The largest absolute Gasteiger partial charge is 0.507 e. The van der Waals surface area contributed by atoms with E-state index in [1.54, 1.807) is 12.3 Å². The Balaban J connectivity index is 0.00000294. The molecule has 0 atom stereocenters. The first kappa shape index (κ1) is 25.6. The van der Waals surface area contributed by atoms with Crippen LogP contribution < -0.4 is 0 Å². The van der Waals surface area contributed by atoms with Crippen molar-refractivity contribution in [3.63, 3.8) is 0 Å². The van der Waals surface area contributed by atoms with Gasteiger partial charge >= 0.3 is 0 Å². The Morgan fingerprint density at radius 2 is 1.50 bits per heavy atom. The number of fused-ring (bicyclic) bond motifs is 1. The molecule has 0 saturated heterocycles. The first-order valence-electron chi connectivity index (χ1n) is 12.2. The Labute approximate surface area is 236 Å². The number of pyridine rings is 1. The van der Waals surface area contributed by atoms with Crippen molar-refractivity contribution in [2.45, 2.75) is 19.3 Å². The molecule has 0 saturated carbocycles. The molecule has 0 spiro atoms. The SMILES string of the molecule is CC(C)(c1ccccc1)c1ccc(O)c(-c2nc3c(-c4[c-]c(-c5ccccn5)ccc4)cccc3o2)c1.[Pt]. The second kappa shape index (κ2) is 10.4. The predicted octanol–water partition coefficient (Wildman–Crippen LogP) is 8.05. The molecule has 190 valence electrons. The monoisotopic (exact) mass is 676 g/mol. The van der Waals surface area contributed by atoms with Gasteiger partial charge in [-0.25, -0.2) is 4.98 Å². The van der Waals surface area contributed by atoms with Gasteiger partial charge in [-0.05, 0) is 35.4 Å². The molecule has 0 aliphatic rings. The molecule has 5 heteroatoms. The van der Waals surface area contributed by atoms with Crippen molar-refractivity contribution in [2.75, 3.05) is 0 Å². The Kier molecular flexibility index (Phi) is 7.01. The van der Waals surface area contributed by atoms with Gasteiger partial charge < -0.3 is 9.52 Å². The topological polar surface area (TPSA) is 59.2 Å². The van der Waals surface area contributed by atoms with Crippen molar-refractivity contribution in [1.82, 2.24) is 9.97 Å². The minimum absolute atomic E-state index is 0. The predicted molar refractivity (Wildman–Crippen MR) is 147 cm³/mol. The molecule has 6 rings (SSSR count). The van der Waals surface area contributed by atoms with Gasteiger partial charge in [-0.15, -0.1) is 29.8 Å². The Bertz CT molecular complexity index is 1710. The minimum atomic E-state index is -0.262. The normalized spacial score (nSPS) is 11.3. The third-order valence-electron chi connectivity index (χ3n) is 6.89. The van der Waals surface area contributed by atoms with Gasteiger partial charge in [0, 0.05) is 38.4 Å². The maximum atomic E-state index is 10.8. The molecule has 0 bridgehead atoms. The molecule has 4 aromatic carbocycles. The van der Waals surface area contributed by atoms with E-state index in [9.17, 15) is 5.11 Å². The van der Waals surface area contributed by atoms with Crippen LogP contribution in [0.2, 0.25) is 0 Å². The number of para-hydroxylation sites is 1. The Hall–Kier alpha value is -4.01. The van der Waals surface area contributed by atoms with Gasteiger partial charge in [0.1, 0.15) is 11.3 Å². The molecule has 2 aromatic heterocycles. The van der Waals surface area contributed by atoms with E-state index in [-0.39, 0.29) is 32.2 Å².